The molecule has 1 atom stereocenters. The van der Waals surface area contributed by atoms with Crippen molar-refractivity contribution in [2.75, 3.05) is 39.3 Å². The quantitative estimate of drug-likeness (QED) is 0.686. The van der Waals surface area contributed by atoms with E-state index in [2.05, 4.69) is 38.9 Å². The molecule has 0 aliphatic carbocycles. The number of rotatable bonds is 6. The van der Waals surface area contributed by atoms with Gasteiger partial charge in [0.25, 0.3) is 0 Å². The lowest BCUT2D eigenvalue weighted by atomic mass is 10.0. The Morgan fingerprint density at radius 3 is 2.45 bits per heavy atom. The summed E-state index contributed by atoms with van der Waals surface area (Å²) < 4.78 is 1.90. The number of carbonyl (C=O) groups excluding carboxylic acids is 1. The van der Waals surface area contributed by atoms with Gasteiger partial charge >= 0.3 is 0 Å². The van der Waals surface area contributed by atoms with Crippen molar-refractivity contribution in [2.45, 2.75) is 52.2 Å². The number of carbonyl (C=O) groups is 1. The second-order valence-corrected chi connectivity index (χ2v) is 9.34. The molecule has 2 fully saturated rings. The van der Waals surface area contributed by atoms with Crippen LogP contribution in [0.1, 0.15) is 43.0 Å². The van der Waals surface area contributed by atoms with Crippen molar-refractivity contribution in [1.29, 1.82) is 0 Å². The first-order valence-electron chi connectivity index (χ1n) is 11.5. The summed E-state index contributed by atoms with van der Waals surface area (Å²) in [5.41, 5.74) is 3.31. The van der Waals surface area contributed by atoms with Crippen LogP contribution >= 0.6 is 11.6 Å². The number of piperazine rings is 1. The van der Waals surface area contributed by atoms with Crippen molar-refractivity contribution < 1.29 is 4.79 Å². The van der Waals surface area contributed by atoms with Crippen molar-refractivity contribution in [3.05, 3.63) is 52.3 Å². The minimum atomic E-state index is 0.293. The average Bonchev–Trinajstić information content (AvgIpc) is 3.03. The molecular weight excluding hydrogens is 410 g/mol. The highest BCUT2D eigenvalue weighted by molar-refractivity contribution is 6.30. The maximum Gasteiger partial charge on any atom is 0.236 e. The van der Waals surface area contributed by atoms with E-state index in [1.807, 2.05) is 29.8 Å². The van der Waals surface area contributed by atoms with E-state index in [9.17, 15) is 4.79 Å². The highest BCUT2D eigenvalue weighted by Crippen LogP contribution is 2.23. The molecule has 2 aromatic rings. The number of piperidine rings is 1. The van der Waals surface area contributed by atoms with Gasteiger partial charge in [0.1, 0.15) is 5.15 Å². The van der Waals surface area contributed by atoms with Crippen LogP contribution in [0.3, 0.4) is 0 Å². The largest absolute Gasteiger partial charge is 0.339 e. The van der Waals surface area contributed by atoms with Crippen LogP contribution in [0.4, 0.5) is 0 Å². The molecule has 2 aliphatic heterocycles. The molecule has 1 aromatic carbocycles. The molecule has 4 rings (SSSR count). The van der Waals surface area contributed by atoms with E-state index in [4.69, 9.17) is 11.6 Å². The highest BCUT2D eigenvalue weighted by Gasteiger charge is 2.27. The van der Waals surface area contributed by atoms with Crippen LogP contribution in [0.15, 0.2) is 30.3 Å². The maximum absolute atomic E-state index is 12.7. The third-order valence-electron chi connectivity index (χ3n) is 6.69. The van der Waals surface area contributed by atoms with E-state index < -0.39 is 0 Å². The molecule has 3 heterocycles. The number of aryl methyl sites for hydroxylation is 1. The third kappa shape index (κ3) is 5.48. The third-order valence-corrected chi connectivity index (χ3v) is 7.11. The molecule has 0 radical (unpaired) electrons. The molecule has 1 aromatic heterocycles. The van der Waals surface area contributed by atoms with Gasteiger partial charge < -0.3 is 4.90 Å². The standard InChI is InChI=1S/C24H34ClN5O/c1-19-8-6-7-11-29(19)23(31)18-28-14-12-27(13-15-28)17-22-20(2)26-30(24(22)25)16-21-9-4-3-5-10-21/h3-5,9-10,19H,6-8,11-18H2,1-2H3. The summed E-state index contributed by atoms with van der Waals surface area (Å²) in [5.74, 6) is 0.293. The SMILES string of the molecule is Cc1nn(Cc2ccccc2)c(Cl)c1CN1CCN(CC(=O)N2CCCCC2C)CC1. The maximum atomic E-state index is 12.7. The van der Waals surface area contributed by atoms with Crippen LogP contribution in [-0.4, -0.2) is 75.7 Å². The number of benzene rings is 1. The summed E-state index contributed by atoms with van der Waals surface area (Å²) in [6, 6.07) is 10.7. The van der Waals surface area contributed by atoms with Crippen molar-refractivity contribution in [3.8, 4) is 0 Å². The van der Waals surface area contributed by atoms with Gasteiger partial charge in [-0.3, -0.25) is 14.6 Å². The summed E-state index contributed by atoms with van der Waals surface area (Å²) in [7, 11) is 0. The predicted octanol–water partition coefficient (Wildman–Crippen LogP) is 3.41. The number of likely N-dealkylation sites (tertiary alicyclic amines) is 1. The number of nitrogens with zero attached hydrogens (tertiary/aromatic N) is 5. The Morgan fingerprint density at radius 1 is 1.03 bits per heavy atom. The number of aromatic nitrogens is 2. The van der Waals surface area contributed by atoms with E-state index in [1.54, 1.807) is 0 Å². The molecule has 7 heteroatoms. The van der Waals surface area contributed by atoms with Crippen LogP contribution in [0.5, 0.6) is 0 Å². The predicted molar refractivity (Wildman–Crippen MR) is 124 cm³/mol. The molecule has 31 heavy (non-hydrogen) atoms. The smallest absolute Gasteiger partial charge is 0.236 e. The van der Waals surface area contributed by atoms with Gasteiger partial charge in [0.15, 0.2) is 0 Å². The molecule has 1 amide bonds. The summed E-state index contributed by atoms with van der Waals surface area (Å²) in [5, 5.41) is 5.42. The minimum absolute atomic E-state index is 0.293. The number of hydrogen-bond donors (Lipinski definition) is 0. The average molecular weight is 444 g/mol. The molecule has 168 valence electrons. The number of hydrogen-bond acceptors (Lipinski definition) is 4. The lowest BCUT2D eigenvalue weighted by molar-refractivity contribution is -0.136. The Morgan fingerprint density at radius 2 is 1.74 bits per heavy atom. The fourth-order valence-corrected chi connectivity index (χ4v) is 5.01. The van der Waals surface area contributed by atoms with Crippen LogP contribution < -0.4 is 0 Å². The summed E-state index contributed by atoms with van der Waals surface area (Å²) >= 11 is 6.71. The van der Waals surface area contributed by atoms with Crippen molar-refractivity contribution in [3.63, 3.8) is 0 Å². The van der Waals surface area contributed by atoms with Gasteiger partial charge in [-0.2, -0.15) is 5.10 Å². The zero-order valence-electron chi connectivity index (χ0n) is 18.8. The molecule has 0 bridgehead atoms. The van der Waals surface area contributed by atoms with Crippen LogP contribution in [0.25, 0.3) is 0 Å². The number of halogens is 1. The van der Waals surface area contributed by atoms with Crippen LogP contribution in [0.2, 0.25) is 5.15 Å². The van der Waals surface area contributed by atoms with Crippen LogP contribution in [0, 0.1) is 6.92 Å². The van der Waals surface area contributed by atoms with Gasteiger partial charge in [-0.25, -0.2) is 4.68 Å². The van der Waals surface area contributed by atoms with Crippen molar-refractivity contribution >= 4 is 17.5 Å². The molecule has 2 aliphatic rings. The van der Waals surface area contributed by atoms with E-state index in [-0.39, 0.29) is 0 Å². The summed E-state index contributed by atoms with van der Waals surface area (Å²) in [6.45, 7) is 10.9. The Bertz CT molecular complexity index is 876. The lowest BCUT2D eigenvalue weighted by Gasteiger charge is -2.38. The highest BCUT2D eigenvalue weighted by atomic mass is 35.5. The van der Waals surface area contributed by atoms with Gasteiger partial charge in [0.2, 0.25) is 5.91 Å². The van der Waals surface area contributed by atoms with Gasteiger partial charge in [-0.15, -0.1) is 0 Å². The van der Waals surface area contributed by atoms with Gasteiger partial charge in [0, 0.05) is 50.9 Å². The second-order valence-electron chi connectivity index (χ2n) is 8.98. The lowest BCUT2D eigenvalue weighted by Crippen LogP contribution is -2.51. The molecule has 0 spiro atoms. The van der Waals surface area contributed by atoms with E-state index >= 15 is 0 Å². The van der Waals surface area contributed by atoms with E-state index in [0.29, 0.717) is 25.0 Å². The molecule has 1 unspecified atom stereocenters. The number of amides is 1. The molecule has 6 nitrogen and oxygen atoms in total. The first-order valence-corrected chi connectivity index (χ1v) is 11.9. The summed E-state index contributed by atoms with van der Waals surface area (Å²) in [4.78, 5) is 19.5. The van der Waals surface area contributed by atoms with Gasteiger partial charge in [-0.05, 0) is 38.7 Å². The Balaban J connectivity index is 1.29. The van der Waals surface area contributed by atoms with E-state index in [0.717, 1.165) is 68.5 Å². The Hall–Kier alpha value is -1.89. The first kappa shape index (κ1) is 22.3. The molecule has 0 saturated carbocycles. The van der Waals surface area contributed by atoms with E-state index in [1.165, 1.54) is 12.0 Å². The Kier molecular flexibility index (Phi) is 7.31. The zero-order valence-corrected chi connectivity index (χ0v) is 19.5. The van der Waals surface area contributed by atoms with Gasteiger partial charge in [0.05, 0.1) is 18.8 Å². The first-order chi connectivity index (χ1) is 15.0. The normalized spacial score (nSPS) is 20.9. The fraction of sp³-hybridized carbons (Fsp3) is 0.583. The summed E-state index contributed by atoms with van der Waals surface area (Å²) in [6.07, 6.45) is 3.52. The second kappa shape index (κ2) is 10.2. The monoisotopic (exact) mass is 443 g/mol. The topological polar surface area (TPSA) is 44.6 Å². The van der Waals surface area contributed by atoms with Crippen molar-refractivity contribution in [1.82, 2.24) is 24.5 Å². The molecule has 2 saturated heterocycles. The minimum Gasteiger partial charge on any atom is -0.339 e. The fourth-order valence-electron chi connectivity index (χ4n) is 4.71. The molecule has 0 N–H and O–H groups in total. The zero-order chi connectivity index (χ0) is 21.8. The molecular formula is C24H34ClN5O. The van der Waals surface area contributed by atoms with Crippen LogP contribution in [-0.2, 0) is 17.9 Å². The van der Waals surface area contributed by atoms with Crippen molar-refractivity contribution in [2.24, 2.45) is 0 Å². The van der Waals surface area contributed by atoms with Gasteiger partial charge in [-0.1, -0.05) is 41.9 Å². The Labute approximate surface area is 190 Å².